The third-order valence-corrected chi connectivity index (χ3v) is 12.4. The Morgan fingerprint density at radius 2 is 1.16 bits per heavy atom. The SMILES string of the molecule is [B]P([B])O[C@@H]1C(NS(=O)(=O)[O-])[C@@H](OC2C(C)O[C@@H](C)C(OS(=O)(=O)[O-])[C@@H]2OCc2ccccc2)OC(COS(=O)(=O)[O-])[C@H]1O[C@@H]1OC(C)C(C)[C@@H](OCc2ccccc2)C1C. The van der Waals surface area contributed by atoms with Crippen LogP contribution < -0.4 is 4.72 Å². The molecule has 3 heterocycles. The van der Waals surface area contributed by atoms with E-state index in [4.69, 9.17) is 57.0 Å². The van der Waals surface area contributed by atoms with Crippen LogP contribution in [0, 0.1) is 11.8 Å². The molecule has 0 saturated carbocycles. The van der Waals surface area contributed by atoms with Gasteiger partial charge in [0, 0.05) is 11.8 Å². The van der Waals surface area contributed by atoms with Crippen molar-refractivity contribution in [1.82, 2.24) is 4.72 Å². The molecule has 3 saturated heterocycles. The van der Waals surface area contributed by atoms with Crippen LogP contribution in [0.3, 0.4) is 0 Å². The van der Waals surface area contributed by atoms with Crippen molar-refractivity contribution in [2.24, 2.45) is 11.8 Å². The number of nitrogens with one attached hydrogen (secondary N) is 1. The van der Waals surface area contributed by atoms with Gasteiger partial charge in [0.05, 0.1) is 44.2 Å². The first-order chi connectivity index (χ1) is 28.5. The zero-order valence-corrected chi connectivity index (χ0v) is 37.0. The van der Waals surface area contributed by atoms with Crippen LogP contribution in [-0.4, -0.2) is 140 Å². The lowest BCUT2D eigenvalue weighted by atomic mass is 9.86. The Kier molecular flexibility index (Phi) is 17.7. The molecule has 8 unspecified atom stereocenters. The summed E-state index contributed by atoms with van der Waals surface area (Å²) in [4.78, 5) is 0. The van der Waals surface area contributed by atoms with Gasteiger partial charge in [0.15, 0.2) is 22.9 Å². The molecule has 3 aliphatic heterocycles. The maximum absolute atomic E-state index is 12.5. The largest absolute Gasteiger partial charge is 0.735 e. The Bertz CT molecular complexity index is 2030. The third-order valence-electron chi connectivity index (χ3n) is 10.5. The van der Waals surface area contributed by atoms with Crippen molar-refractivity contribution < 1.29 is 85.0 Å². The Balaban J connectivity index is 1.53. The Hall–Kier alpha value is -1.71. The van der Waals surface area contributed by atoms with Crippen molar-refractivity contribution >= 4 is 54.1 Å². The number of benzene rings is 2. The summed E-state index contributed by atoms with van der Waals surface area (Å²) >= 11 is 0. The lowest BCUT2D eigenvalue weighted by Crippen LogP contribution is -2.69. The van der Waals surface area contributed by atoms with E-state index in [-0.39, 0.29) is 19.1 Å². The summed E-state index contributed by atoms with van der Waals surface area (Å²) in [5.74, 6) is -0.791. The predicted molar refractivity (Wildman–Crippen MR) is 211 cm³/mol. The summed E-state index contributed by atoms with van der Waals surface area (Å²) in [7, 11) is -6.89. The normalized spacial score (nSPS) is 35.3. The fourth-order valence-corrected chi connectivity index (χ4v) is 9.50. The molecule has 0 amide bonds. The molecule has 61 heavy (non-hydrogen) atoms. The summed E-state index contributed by atoms with van der Waals surface area (Å²) in [6.45, 7) is 7.24. The monoisotopic (exact) mass is 934 g/mol. The Labute approximate surface area is 360 Å². The van der Waals surface area contributed by atoms with Gasteiger partial charge < -0.3 is 51.3 Å². The second kappa shape index (κ2) is 21.5. The molecule has 1 N–H and O–H groups in total. The maximum atomic E-state index is 12.5. The van der Waals surface area contributed by atoms with Gasteiger partial charge in [-0.3, -0.25) is 8.37 Å². The molecule has 3 fully saturated rings. The van der Waals surface area contributed by atoms with E-state index in [0.29, 0.717) is 5.56 Å². The molecule has 2 aromatic carbocycles. The van der Waals surface area contributed by atoms with Crippen LogP contribution in [0.1, 0.15) is 45.7 Å². The van der Waals surface area contributed by atoms with E-state index in [1.807, 2.05) is 42.0 Å². The van der Waals surface area contributed by atoms with E-state index in [1.165, 1.54) is 13.8 Å². The first kappa shape index (κ1) is 50.3. The minimum atomic E-state index is -5.47. The summed E-state index contributed by atoms with van der Waals surface area (Å²) in [6, 6.07) is 15.9. The van der Waals surface area contributed by atoms with E-state index in [0.717, 1.165) is 5.56 Å². The van der Waals surface area contributed by atoms with Crippen molar-refractivity contribution in [3.8, 4) is 0 Å². The maximum Gasteiger partial charge on any atom is 0.218 e. The van der Waals surface area contributed by atoms with E-state index >= 15 is 0 Å². The molecular weight excluding hydrogens is 887 g/mol. The minimum absolute atomic E-state index is 0.192. The van der Waals surface area contributed by atoms with E-state index in [1.54, 1.807) is 44.2 Å². The lowest BCUT2D eigenvalue weighted by molar-refractivity contribution is -0.346. The molecule has 15 atom stereocenters. The van der Waals surface area contributed by atoms with Crippen molar-refractivity contribution in [2.75, 3.05) is 6.61 Å². The van der Waals surface area contributed by atoms with Crippen LogP contribution in [0.15, 0.2) is 60.7 Å². The van der Waals surface area contributed by atoms with Gasteiger partial charge in [-0.2, -0.15) is 0 Å². The van der Waals surface area contributed by atoms with Gasteiger partial charge in [0.25, 0.3) is 0 Å². The predicted octanol–water partition coefficient (Wildman–Crippen LogP) is 1.17. The molecule has 3 aliphatic rings. The lowest BCUT2D eigenvalue weighted by Gasteiger charge is -2.52. The molecule has 26 heteroatoms. The summed E-state index contributed by atoms with van der Waals surface area (Å²) < 4.78 is 170. The Morgan fingerprint density at radius 3 is 1.69 bits per heavy atom. The molecule has 0 aromatic heterocycles. The molecule has 0 spiro atoms. The fourth-order valence-electron chi connectivity index (χ4n) is 7.55. The van der Waals surface area contributed by atoms with Crippen LogP contribution in [0.2, 0.25) is 0 Å². The highest BCUT2D eigenvalue weighted by atomic mass is 32.3. The molecule has 0 aliphatic carbocycles. The molecule has 20 nitrogen and oxygen atoms in total. The second-order valence-corrected chi connectivity index (χ2v) is 19.1. The summed E-state index contributed by atoms with van der Waals surface area (Å²) in [5.41, 5.74) is 1.48. The molecule has 2 aromatic rings. The molecule has 0 bridgehead atoms. The highest BCUT2D eigenvalue weighted by molar-refractivity contribution is 7.97. The minimum Gasteiger partial charge on any atom is -0.735 e. The standard InChI is InChI=1S/C35H50B2NO19PS3/c1-19-21(3)52-34(20(2)28(19)48-16-24-12-8-6-9-13-24)55-31-26(18-50-60(42,43)44)53-35(27(38-59(39,40)41)32(31)56-58(36)37)54-29-22(4)51-23(5)30(57-61(45,46)47)33(29)49-17-25-14-10-7-11-15-25/h6-15,19-23,26-35,38H,16-18H2,1-5H3,(H,39,40,41)(H,42,43,44)(H,45,46,47)/p-3/t19?,20?,21?,22?,23-,26?,27?,28+,29?,30?,31+,32+,33+,34-,35+/m0/s1. The topological polar surface area (TPSA) is 276 Å². The quantitative estimate of drug-likeness (QED) is 0.0896. The molecule has 5 rings (SSSR count). The summed E-state index contributed by atoms with van der Waals surface area (Å²) in [6.07, 6.45) is -16.4. The first-order valence-electron chi connectivity index (χ1n) is 19.0. The van der Waals surface area contributed by atoms with Gasteiger partial charge in [-0.25, -0.2) is 30.0 Å². The zero-order valence-electron chi connectivity index (χ0n) is 33.6. The van der Waals surface area contributed by atoms with Crippen molar-refractivity contribution in [3.63, 3.8) is 0 Å². The molecular formula is C35H47B2NO19PS3-3. The summed E-state index contributed by atoms with van der Waals surface area (Å²) in [5, 5.41) is 0. The van der Waals surface area contributed by atoms with E-state index in [9.17, 15) is 38.9 Å². The first-order valence-corrected chi connectivity index (χ1v) is 24.5. The van der Waals surface area contributed by atoms with Crippen molar-refractivity contribution in [1.29, 1.82) is 0 Å². The van der Waals surface area contributed by atoms with Gasteiger partial charge in [-0.15, -0.1) is 0 Å². The molecule has 4 radical (unpaired) electrons. The van der Waals surface area contributed by atoms with Crippen LogP contribution in [0.4, 0.5) is 0 Å². The van der Waals surface area contributed by atoms with Gasteiger partial charge >= 0.3 is 0 Å². The number of hydrogen-bond acceptors (Lipinski definition) is 19. The fraction of sp³-hybridized carbons (Fsp3) is 0.657. The number of hydrogen-bond donors (Lipinski definition) is 1. The van der Waals surface area contributed by atoms with Crippen LogP contribution in [0.5, 0.6) is 0 Å². The van der Waals surface area contributed by atoms with Gasteiger partial charge in [0.1, 0.15) is 57.8 Å². The van der Waals surface area contributed by atoms with Crippen LogP contribution in [0.25, 0.3) is 0 Å². The number of rotatable bonds is 19. The average molecular weight is 935 g/mol. The van der Waals surface area contributed by atoms with Gasteiger partial charge in [-0.05, 0) is 31.9 Å². The zero-order chi connectivity index (χ0) is 44.9. The Morgan fingerprint density at radius 1 is 0.623 bits per heavy atom. The van der Waals surface area contributed by atoms with Crippen molar-refractivity contribution in [2.45, 2.75) is 127 Å². The molecule has 338 valence electrons. The second-order valence-electron chi connectivity index (χ2n) is 14.9. The van der Waals surface area contributed by atoms with E-state index < -0.39 is 131 Å². The average Bonchev–Trinajstić information content (AvgIpc) is 3.16. The third kappa shape index (κ3) is 14.6. The van der Waals surface area contributed by atoms with Crippen LogP contribution >= 0.6 is 7.91 Å². The van der Waals surface area contributed by atoms with Gasteiger partial charge in [-0.1, -0.05) is 82.4 Å². The number of ether oxygens (including phenoxy) is 7. The van der Waals surface area contributed by atoms with Crippen LogP contribution in [-0.2, 0) is 90.4 Å². The van der Waals surface area contributed by atoms with E-state index in [2.05, 4.69) is 4.18 Å². The highest BCUT2D eigenvalue weighted by Crippen LogP contribution is 2.41. The smallest absolute Gasteiger partial charge is 0.218 e. The van der Waals surface area contributed by atoms with Crippen molar-refractivity contribution in [3.05, 3.63) is 71.8 Å². The van der Waals surface area contributed by atoms with Gasteiger partial charge in [0.2, 0.25) is 20.8 Å². The highest BCUT2D eigenvalue weighted by Gasteiger charge is 2.55.